The number of aryl methyl sites for hydroxylation is 1. The van der Waals surface area contributed by atoms with E-state index in [0.29, 0.717) is 6.61 Å². The van der Waals surface area contributed by atoms with E-state index >= 15 is 0 Å². The van der Waals surface area contributed by atoms with E-state index in [1.54, 1.807) is 0 Å². The summed E-state index contributed by atoms with van der Waals surface area (Å²) < 4.78 is 17.2. The molecule has 1 unspecified atom stereocenters. The van der Waals surface area contributed by atoms with E-state index in [4.69, 9.17) is 4.18 Å². The fourth-order valence-electron chi connectivity index (χ4n) is 2.09. The molecule has 1 aromatic rings. The Hall–Kier alpha value is -0.930. The highest BCUT2D eigenvalue weighted by Gasteiger charge is 2.11. The molecular formula is C15H20O2S. The predicted octanol–water partition coefficient (Wildman–Crippen LogP) is 3.76. The zero-order chi connectivity index (χ0) is 12.6. The summed E-state index contributed by atoms with van der Waals surface area (Å²) in [4.78, 5) is 0.987. The quantitative estimate of drug-likeness (QED) is 0.731. The molecule has 0 saturated carbocycles. The molecule has 2 nitrogen and oxygen atoms in total. The van der Waals surface area contributed by atoms with Crippen LogP contribution in [0, 0.1) is 0 Å². The number of hydrogen-bond acceptors (Lipinski definition) is 2. The van der Waals surface area contributed by atoms with Crippen LogP contribution in [0.1, 0.15) is 37.7 Å². The average molecular weight is 264 g/mol. The standard InChI is InChI=1S/C15H20O2S/c16-18(15-11-5-2-6-12-15)17-13-7-10-14-8-3-1-4-9-14/h1,3-4,8-9,11H,2,5-7,10,12-13H2. The molecule has 0 aromatic heterocycles. The van der Waals surface area contributed by atoms with Crippen LogP contribution in [0.25, 0.3) is 0 Å². The molecule has 0 bridgehead atoms. The van der Waals surface area contributed by atoms with E-state index in [1.165, 1.54) is 12.0 Å². The molecule has 0 N–H and O–H groups in total. The van der Waals surface area contributed by atoms with Crippen molar-refractivity contribution in [3.8, 4) is 0 Å². The minimum Gasteiger partial charge on any atom is -0.287 e. The Labute approximate surface area is 112 Å². The monoisotopic (exact) mass is 264 g/mol. The van der Waals surface area contributed by atoms with Crippen LogP contribution in [-0.4, -0.2) is 10.8 Å². The molecule has 3 heteroatoms. The molecule has 2 rings (SSSR count). The van der Waals surface area contributed by atoms with Crippen molar-refractivity contribution >= 4 is 11.1 Å². The fourth-order valence-corrected chi connectivity index (χ4v) is 3.08. The van der Waals surface area contributed by atoms with Gasteiger partial charge >= 0.3 is 0 Å². The lowest BCUT2D eigenvalue weighted by molar-refractivity contribution is 0.342. The molecule has 0 spiro atoms. The second-order valence-electron chi connectivity index (χ2n) is 4.56. The first-order chi connectivity index (χ1) is 8.86. The van der Waals surface area contributed by atoms with Gasteiger partial charge in [-0.3, -0.25) is 4.18 Å². The summed E-state index contributed by atoms with van der Waals surface area (Å²) in [5, 5.41) is 0. The van der Waals surface area contributed by atoms with E-state index in [0.717, 1.165) is 37.0 Å². The van der Waals surface area contributed by atoms with Crippen molar-refractivity contribution in [2.45, 2.75) is 38.5 Å². The van der Waals surface area contributed by atoms with E-state index in [2.05, 4.69) is 18.2 Å². The van der Waals surface area contributed by atoms with Crippen LogP contribution in [0.2, 0.25) is 0 Å². The van der Waals surface area contributed by atoms with Crippen LogP contribution < -0.4 is 0 Å². The van der Waals surface area contributed by atoms with Gasteiger partial charge in [0.2, 0.25) is 0 Å². The molecule has 0 radical (unpaired) electrons. The summed E-state index contributed by atoms with van der Waals surface area (Å²) in [6.45, 7) is 0.568. The van der Waals surface area contributed by atoms with Gasteiger partial charge in [0.1, 0.15) is 0 Å². The van der Waals surface area contributed by atoms with Crippen molar-refractivity contribution < 1.29 is 8.39 Å². The Morgan fingerprint density at radius 2 is 2.00 bits per heavy atom. The molecule has 0 saturated heterocycles. The first kappa shape index (κ1) is 13.5. The Morgan fingerprint density at radius 1 is 1.17 bits per heavy atom. The van der Waals surface area contributed by atoms with E-state index < -0.39 is 11.1 Å². The van der Waals surface area contributed by atoms with Crippen molar-refractivity contribution in [3.63, 3.8) is 0 Å². The first-order valence-electron chi connectivity index (χ1n) is 6.64. The van der Waals surface area contributed by atoms with E-state index in [9.17, 15) is 4.21 Å². The van der Waals surface area contributed by atoms with Gasteiger partial charge < -0.3 is 0 Å². The third kappa shape index (κ3) is 4.39. The highest BCUT2D eigenvalue weighted by Crippen LogP contribution is 2.20. The summed E-state index contributed by atoms with van der Waals surface area (Å²) in [5.41, 5.74) is 1.31. The van der Waals surface area contributed by atoms with Gasteiger partial charge in [-0.2, -0.15) is 0 Å². The lowest BCUT2D eigenvalue weighted by Gasteiger charge is -2.11. The average Bonchev–Trinajstić information content (AvgIpc) is 2.45. The zero-order valence-corrected chi connectivity index (χ0v) is 11.5. The summed E-state index contributed by atoms with van der Waals surface area (Å²) in [6.07, 6.45) is 8.33. The van der Waals surface area contributed by atoms with Crippen molar-refractivity contribution in [3.05, 3.63) is 46.9 Å². The second kappa shape index (κ2) is 7.49. The summed E-state index contributed by atoms with van der Waals surface area (Å²) in [7, 11) is 0. The molecule has 1 aliphatic carbocycles. The van der Waals surface area contributed by atoms with Crippen LogP contribution in [0.4, 0.5) is 0 Å². The highest BCUT2D eigenvalue weighted by molar-refractivity contribution is 7.84. The van der Waals surface area contributed by atoms with Crippen molar-refractivity contribution in [2.24, 2.45) is 0 Å². The Morgan fingerprint density at radius 3 is 2.72 bits per heavy atom. The second-order valence-corrected chi connectivity index (χ2v) is 5.79. The lowest BCUT2D eigenvalue weighted by atomic mass is 10.1. The van der Waals surface area contributed by atoms with Gasteiger partial charge in [-0.05, 0) is 44.1 Å². The smallest absolute Gasteiger partial charge is 0.184 e. The Kier molecular flexibility index (Phi) is 5.62. The normalized spacial score (nSPS) is 17.2. The maximum Gasteiger partial charge on any atom is 0.184 e. The van der Waals surface area contributed by atoms with Gasteiger partial charge in [0.25, 0.3) is 0 Å². The molecule has 0 aliphatic heterocycles. The minimum absolute atomic E-state index is 0.568. The zero-order valence-electron chi connectivity index (χ0n) is 10.6. The summed E-state index contributed by atoms with van der Waals surface area (Å²) in [5.74, 6) is 0. The van der Waals surface area contributed by atoms with Crippen molar-refractivity contribution in [2.75, 3.05) is 6.61 Å². The van der Waals surface area contributed by atoms with Crippen LogP contribution in [0.3, 0.4) is 0 Å². The predicted molar refractivity (Wildman–Crippen MR) is 75.4 cm³/mol. The molecule has 18 heavy (non-hydrogen) atoms. The Bertz CT molecular complexity index is 412. The largest absolute Gasteiger partial charge is 0.287 e. The van der Waals surface area contributed by atoms with Crippen molar-refractivity contribution in [1.82, 2.24) is 0 Å². The van der Waals surface area contributed by atoms with Gasteiger partial charge in [-0.25, -0.2) is 4.21 Å². The molecule has 0 fully saturated rings. The summed E-state index contributed by atoms with van der Waals surface area (Å²) in [6, 6.07) is 10.3. The lowest BCUT2D eigenvalue weighted by Crippen LogP contribution is -2.05. The third-order valence-electron chi connectivity index (χ3n) is 3.11. The van der Waals surface area contributed by atoms with Gasteiger partial charge in [0.15, 0.2) is 11.1 Å². The molecule has 1 aliphatic rings. The highest BCUT2D eigenvalue weighted by atomic mass is 32.2. The molecule has 1 aromatic carbocycles. The van der Waals surface area contributed by atoms with E-state index in [1.807, 2.05) is 18.2 Å². The maximum absolute atomic E-state index is 11.8. The topological polar surface area (TPSA) is 26.3 Å². The molecular weight excluding hydrogens is 244 g/mol. The number of benzene rings is 1. The minimum atomic E-state index is -1.20. The van der Waals surface area contributed by atoms with E-state index in [-0.39, 0.29) is 0 Å². The first-order valence-corrected chi connectivity index (χ1v) is 7.72. The van der Waals surface area contributed by atoms with Gasteiger partial charge in [0.05, 0.1) is 6.61 Å². The molecule has 0 heterocycles. The van der Waals surface area contributed by atoms with Gasteiger partial charge in [-0.1, -0.05) is 36.4 Å². The molecule has 0 amide bonds. The van der Waals surface area contributed by atoms with Crippen LogP contribution in [0.5, 0.6) is 0 Å². The van der Waals surface area contributed by atoms with Crippen LogP contribution >= 0.6 is 0 Å². The molecule has 98 valence electrons. The van der Waals surface area contributed by atoms with Gasteiger partial charge in [-0.15, -0.1) is 0 Å². The Balaban J connectivity index is 1.66. The third-order valence-corrected chi connectivity index (χ3v) is 4.29. The number of hydrogen-bond donors (Lipinski definition) is 0. The van der Waals surface area contributed by atoms with Crippen molar-refractivity contribution in [1.29, 1.82) is 0 Å². The molecule has 1 atom stereocenters. The number of allylic oxidation sites excluding steroid dienone is 2. The summed E-state index contributed by atoms with van der Waals surface area (Å²) >= 11 is -1.20. The fraction of sp³-hybridized carbons (Fsp3) is 0.467. The SMILES string of the molecule is O=S(OCCCc1ccccc1)C1=CCCCC1. The van der Waals surface area contributed by atoms with Crippen LogP contribution in [0.15, 0.2) is 41.3 Å². The van der Waals surface area contributed by atoms with Gasteiger partial charge in [0, 0.05) is 4.91 Å². The number of rotatable bonds is 6. The van der Waals surface area contributed by atoms with Crippen LogP contribution in [-0.2, 0) is 21.7 Å². The maximum atomic E-state index is 11.8.